The molecule has 0 radical (unpaired) electrons. The van der Waals surface area contributed by atoms with E-state index in [9.17, 15) is 24.6 Å². The number of aliphatic hydroxyl groups is 1. The van der Waals surface area contributed by atoms with Gasteiger partial charge in [-0.05, 0) is 36.4 Å². The van der Waals surface area contributed by atoms with Gasteiger partial charge in [-0.2, -0.15) is 0 Å². The number of carboxylic acids is 2. The zero-order valence-electron chi connectivity index (χ0n) is 14.6. The summed E-state index contributed by atoms with van der Waals surface area (Å²) in [6.07, 6.45) is 0. The molecule has 0 unspecified atom stereocenters. The Labute approximate surface area is 198 Å². The van der Waals surface area contributed by atoms with Crippen molar-refractivity contribution in [2.45, 2.75) is 0 Å². The molecule has 2 N–H and O–H groups in total. The van der Waals surface area contributed by atoms with E-state index in [1.165, 1.54) is 0 Å². The van der Waals surface area contributed by atoms with Gasteiger partial charge in [-0.25, -0.2) is 4.98 Å². The summed E-state index contributed by atoms with van der Waals surface area (Å²) in [5.74, 6) is 1.53. The van der Waals surface area contributed by atoms with Crippen LogP contribution >= 0.6 is 0 Å². The standard InChI is InChI=1S/C17H12N2O6.2Na/c20-9-15(21)18-12-5-3-10(4-6-12)1-2-11-7-13(16(22)23)19-14(8-11)17(24)25;;/h3-8,20H,9H2,(H,18,21)(H,22,23)(H,24,25);;/q;2*+1/p-2. The SMILES string of the molecule is O=C(CO)Nc1ccc(C#Cc2cc(C(=O)[O-])nc(C(=O)[O-])c2)cc1.[Na+].[Na+]. The Hall–Kier alpha value is -1.70. The van der Waals surface area contributed by atoms with Crippen molar-refractivity contribution in [2.75, 3.05) is 11.9 Å². The Bertz CT molecular complexity index is 872. The first-order chi connectivity index (χ1) is 11.9. The van der Waals surface area contributed by atoms with E-state index in [1.807, 2.05) is 0 Å². The molecule has 10 heteroatoms. The summed E-state index contributed by atoms with van der Waals surface area (Å²) in [4.78, 5) is 36.2. The molecule has 1 heterocycles. The van der Waals surface area contributed by atoms with Crippen LogP contribution in [0.15, 0.2) is 36.4 Å². The molecule has 1 aromatic heterocycles. The molecule has 0 fully saturated rings. The number of nitrogens with one attached hydrogen (secondary N) is 1. The predicted octanol–water partition coefficient (Wildman–Crippen LogP) is -7.85. The predicted molar refractivity (Wildman–Crippen MR) is 81.0 cm³/mol. The molecule has 2 aromatic rings. The first-order valence-electron chi connectivity index (χ1n) is 6.86. The van der Waals surface area contributed by atoms with Crippen molar-refractivity contribution >= 4 is 23.5 Å². The topological polar surface area (TPSA) is 142 Å². The third kappa shape index (κ3) is 7.82. The molecule has 0 saturated carbocycles. The molecule has 1 amide bonds. The van der Waals surface area contributed by atoms with E-state index in [0.29, 0.717) is 11.3 Å². The van der Waals surface area contributed by atoms with Gasteiger partial charge in [-0.15, -0.1) is 0 Å². The van der Waals surface area contributed by atoms with Gasteiger partial charge >= 0.3 is 59.1 Å². The molecular weight excluding hydrogens is 374 g/mol. The molecule has 27 heavy (non-hydrogen) atoms. The molecule has 0 spiro atoms. The summed E-state index contributed by atoms with van der Waals surface area (Å²) in [5.41, 5.74) is -0.0111. The number of carbonyl (C=O) groups is 3. The second-order valence-corrected chi connectivity index (χ2v) is 4.73. The van der Waals surface area contributed by atoms with Gasteiger partial charge in [0.1, 0.15) is 6.61 Å². The van der Waals surface area contributed by atoms with E-state index in [1.54, 1.807) is 24.3 Å². The molecule has 0 aliphatic rings. The van der Waals surface area contributed by atoms with Crippen molar-refractivity contribution in [1.29, 1.82) is 0 Å². The number of rotatable bonds is 4. The first-order valence-corrected chi connectivity index (χ1v) is 6.86. The fourth-order valence-corrected chi connectivity index (χ4v) is 1.79. The maximum absolute atomic E-state index is 11.0. The summed E-state index contributed by atoms with van der Waals surface area (Å²) >= 11 is 0. The Kier molecular flexibility index (Phi) is 11.1. The maximum atomic E-state index is 11.0. The van der Waals surface area contributed by atoms with Crippen LogP contribution in [0.2, 0.25) is 0 Å². The number of aliphatic hydroxyl groups excluding tert-OH is 1. The molecule has 1 aromatic carbocycles. The van der Waals surface area contributed by atoms with E-state index in [4.69, 9.17) is 5.11 Å². The van der Waals surface area contributed by atoms with Crippen molar-refractivity contribution in [3.63, 3.8) is 0 Å². The summed E-state index contributed by atoms with van der Waals surface area (Å²) in [5, 5.41) is 32.8. The normalized spacial score (nSPS) is 8.93. The molecule has 126 valence electrons. The number of hydrogen-bond acceptors (Lipinski definition) is 7. The molecule has 0 bridgehead atoms. The number of amides is 1. The van der Waals surface area contributed by atoms with Crippen molar-refractivity contribution in [1.82, 2.24) is 4.98 Å². The number of anilines is 1. The van der Waals surface area contributed by atoms with Crippen LogP contribution in [0.3, 0.4) is 0 Å². The molecule has 8 nitrogen and oxygen atoms in total. The molecule has 2 rings (SSSR count). The van der Waals surface area contributed by atoms with Crippen LogP contribution in [0.25, 0.3) is 0 Å². The number of nitrogens with zero attached hydrogens (tertiary/aromatic N) is 1. The van der Waals surface area contributed by atoms with Crippen LogP contribution in [-0.4, -0.2) is 34.5 Å². The number of pyridine rings is 1. The van der Waals surface area contributed by atoms with Crippen molar-refractivity contribution < 1.29 is 88.8 Å². The van der Waals surface area contributed by atoms with Crippen molar-refractivity contribution in [3.05, 3.63) is 58.9 Å². The average Bonchev–Trinajstić information content (AvgIpc) is 2.60. The monoisotopic (exact) mass is 384 g/mol. The van der Waals surface area contributed by atoms with E-state index in [2.05, 4.69) is 22.1 Å². The number of aromatic carboxylic acids is 2. The van der Waals surface area contributed by atoms with Crippen LogP contribution in [0.4, 0.5) is 5.69 Å². The number of aromatic nitrogens is 1. The largest absolute Gasteiger partial charge is 1.00 e. The molecule has 0 saturated heterocycles. The summed E-state index contributed by atoms with van der Waals surface area (Å²) in [6.45, 7) is -0.634. The second kappa shape index (κ2) is 11.9. The Balaban J connectivity index is 0.00000338. The quantitative estimate of drug-likeness (QED) is 0.394. The fourth-order valence-electron chi connectivity index (χ4n) is 1.79. The Morgan fingerprint density at radius 2 is 1.41 bits per heavy atom. The third-order valence-corrected chi connectivity index (χ3v) is 2.91. The number of benzene rings is 1. The number of hydrogen-bond donors (Lipinski definition) is 2. The summed E-state index contributed by atoms with van der Waals surface area (Å²) in [6, 6.07) is 8.46. The minimum Gasteiger partial charge on any atom is -0.543 e. The number of carboxylic acid groups (broad SMARTS) is 2. The van der Waals surface area contributed by atoms with E-state index < -0.39 is 35.8 Å². The van der Waals surface area contributed by atoms with Gasteiger partial charge in [0.2, 0.25) is 5.91 Å². The fraction of sp³-hybridized carbons (Fsp3) is 0.0588. The van der Waals surface area contributed by atoms with Gasteiger partial charge in [0.25, 0.3) is 0 Å². The van der Waals surface area contributed by atoms with Crippen molar-refractivity contribution in [2.24, 2.45) is 0 Å². The minimum atomic E-state index is -1.63. The zero-order valence-corrected chi connectivity index (χ0v) is 18.6. The van der Waals surface area contributed by atoms with Gasteiger partial charge in [-0.3, -0.25) is 4.79 Å². The number of carbonyl (C=O) groups excluding carboxylic acids is 3. The van der Waals surface area contributed by atoms with Crippen LogP contribution in [-0.2, 0) is 4.79 Å². The van der Waals surface area contributed by atoms with Crippen molar-refractivity contribution in [3.8, 4) is 11.8 Å². The second-order valence-electron chi connectivity index (χ2n) is 4.73. The summed E-state index contributed by atoms with van der Waals surface area (Å²) < 4.78 is 0. The van der Waals surface area contributed by atoms with Crippen LogP contribution < -0.4 is 74.6 Å². The van der Waals surface area contributed by atoms with Crippen LogP contribution in [0.1, 0.15) is 32.1 Å². The molecule has 0 aliphatic carbocycles. The van der Waals surface area contributed by atoms with Gasteiger partial charge in [0, 0.05) is 16.8 Å². The van der Waals surface area contributed by atoms with Gasteiger partial charge in [-0.1, -0.05) is 11.8 Å². The van der Waals surface area contributed by atoms with E-state index in [0.717, 1.165) is 12.1 Å². The molecule has 0 atom stereocenters. The molecule has 0 aliphatic heterocycles. The first kappa shape index (κ1) is 25.3. The zero-order chi connectivity index (χ0) is 18.4. The van der Waals surface area contributed by atoms with Crippen LogP contribution in [0, 0.1) is 11.8 Å². The van der Waals surface area contributed by atoms with Gasteiger partial charge in [0.05, 0.1) is 23.3 Å². The molecular formula is C17H10N2Na2O6. The van der Waals surface area contributed by atoms with E-state index in [-0.39, 0.29) is 64.7 Å². The minimum absolute atomic E-state index is 0. The van der Waals surface area contributed by atoms with Crippen LogP contribution in [0.5, 0.6) is 0 Å². The average molecular weight is 384 g/mol. The Morgan fingerprint density at radius 1 is 0.926 bits per heavy atom. The van der Waals surface area contributed by atoms with Gasteiger partial charge < -0.3 is 30.2 Å². The summed E-state index contributed by atoms with van der Waals surface area (Å²) in [7, 11) is 0. The smallest absolute Gasteiger partial charge is 0.543 e. The van der Waals surface area contributed by atoms with E-state index >= 15 is 0 Å². The Morgan fingerprint density at radius 3 is 1.85 bits per heavy atom. The maximum Gasteiger partial charge on any atom is 1.00 e. The third-order valence-electron chi connectivity index (χ3n) is 2.91. The van der Waals surface area contributed by atoms with Gasteiger partial charge in [0.15, 0.2) is 0 Å².